The standard InChI is InChI=1S/C25H22N4O6S2/c26-37(34,35)19-8-3-15(4-9-19)11-12-27-22(30)17-5-1-16(2-6-17)14-29-23(31)20-10-7-18(24(32)33)13-21(20)28-25(29)36/h1-10,13H,11-12,14H2,(H,27,30)(H,28,36)(H,32,33)(H2,26,34,35). The van der Waals surface area contributed by atoms with Gasteiger partial charge < -0.3 is 15.4 Å². The van der Waals surface area contributed by atoms with E-state index in [1.165, 1.54) is 34.9 Å². The Morgan fingerprint density at radius 2 is 1.59 bits per heavy atom. The molecule has 0 spiro atoms. The van der Waals surface area contributed by atoms with Crippen molar-refractivity contribution in [3.05, 3.63) is 104 Å². The molecule has 4 rings (SSSR count). The van der Waals surface area contributed by atoms with E-state index in [2.05, 4.69) is 10.3 Å². The Hall–Kier alpha value is -4.13. The molecule has 0 aliphatic rings. The van der Waals surface area contributed by atoms with Crippen molar-refractivity contribution in [2.24, 2.45) is 5.14 Å². The fourth-order valence-corrected chi connectivity index (χ4v) is 4.52. The van der Waals surface area contributed by atoms with Gasteiger partial charge in [-0.3, -0.25) is 14.2 Å². The number of primary sulfonamides is 1. The van der Waals surface area contributed by atoms with Crippen LogP contribution in [0.3, 0.4) is 0 Å². The van der Waals surface area contributed by atoms with Gasteiger partial charge in [0.25, 0.3) is 11.5 Å². The van der Waals surface area contributed by atoms with Crippen molar-refractivity contribution in [3.63, 3.8) is 0 Å². The molecule has 0 bridgehead atoms. The van der Waals surface area contributed by atoms with Crippen molar-refractivity contribution in [2.75, 3.05) is 6.54 Å². The second-order valence-corrected chi connectivity index (χ2v) is 10.2. The molecule has 0 aliphatic carbocycles. The summed E-state index contributed by atoms with van der Waals surface area (Å²) in [6.07, 6.45) is 0.506. The van der Waals surface area contributed by atoms with Crippen LogP contribution >= 0.6 is 12.2 Å². The minimum atomic E-state index is -3.75. The first-order chi connectivity index (χ1) is 17.5. The molecular formula is C25H22N4O6S2. The van der Waals surface area contributed by atoms with Gasteiger partial charge in [-0.1, -0.05) is 24.3 Å². The van der Waals surface area contributed by atoms with Gasteiger partial charge >= 0.3 is 5.97 Å². The smallest absolute Gasteiger partial charge is 0.335 e. The summed E-state index contributed by atoms with van der Waals surface area (Å²) < 4.78 is 24.2. The predicted molar refractivity (Wildman–Crippen MR) is 140 cm³/mol. The summed E-state index contributed by atoms with van der Waals surface area (Å²) in [5, 5.41) is 17.4. The quantitative estimate of drug-likeness (QED) is 0.250. The van der Waals surface area contributed by atoms with Crippen LogP contribution in [0.2, 0.25) is 0 Å². The predicted octanol–water partition coefficient (Wildman–Crippen LogP) is 2.43. The first-order valence-corrected chi connectivity index (χ1v) is 13.0. The maximum Gasteiger partial charge on any atom is 0.335 e. The fraction of sp³-hybridized carbons (Fsp3) is 0.120. The first kappa shape index (κ1) is 25.9. The molecule has 0 saturated carbocycles. The summed E-state index contributed by atoms with van der Waals surface area (Å²) >= 11 is 5.32. The highest BCUT2D eigenvalue weighted by molar-refractivity contribution is 7.89. The molecule has 0 radical (unpaired) electrons. The van der Waals surface area contributed by atoms with Gasteiger partial charge in [-0.05, 0) is 72.2 Å². The molecule has 0 unspecified atom stereocenters. The van der Waals surface area contributed by atoms with E-state index in [-0.39, 0.29) is 33.2 Å². The maximum absolute atomic E-state index is 12.9. The second kappa shape index (κ2) is 10.5. The van der Waals surface area contributed by atoms with Crippen molar-refractivity contribution in [1.82, 2.24) is 14.9 Å². The molecule has 4 aromatic rings. The van der Waals surface area contributed by atoms with Gasteiger partial charge in [0.1, 0.15) is 0 Å². The Bertz CT molecular complexity index is 1720. The number of sulfonamides is 1. The Balaban J connectivity index is 1.41. The number of carboxylic acids is 1. The van der Waals surface area contributed by atoms with Crippen molar-refractivity contribution in [3.8, 4) is 0 Å². The van der Waals surface area contributed by atoms with Crippen LogP contribution in [-0.4, -0.2) is 41.5 Å². The number of nitrogens with two attached hydrogens (primary N) is 1. The summed E-state index contributed by atoms with van der Waals surface area (Å²) in [7, 11) is -3.75. The number of aromatic amines is 1. The van der Waals surface area contributed by atoms with Crippen LogP contribution in [0.15, 0.2) is 76.4 Å². The normalized spacial score (nSPS) is 11.4. The molecule has 1 heterocycles. The molecule has 37 heavy (non-hydrogen) atoms. The van der Waals surface area contributed by atoms with Gasteiger partial charge in [-0.15, -0.1) is 0 Å². The van der Waals surface area contributed by atoms with Crippen molar-refractivity contribution >= 4 is 45.0 Å². The number of hydrogen-bond acceptors (Lipinski definition) is 6. The van der Waals surface area contributed by atoms with Crippen LogP contribution in [0.4, 0.5) is 0 Å². The topological polar surface area (TPSA) is 164 Å². The SMILES string of the molecule is NS(=O)(=O)c1ccc(CCNC(=O)c2ccc(Cn3c(=S)[nH]c4cc(C(=O)O)ccc4c3=O)cc2)cc1. The van der Waals surface area contributed by atoms with E-state index < -0.39 is 16.0 Å². The number of rotatable bonds is 8. The summed E-state index contributed by atoms with van der Waals surface area (Å²) in [4.78, 5) is 39.6. The highest BCUT2D eigenvalue weighted by Gasteiger charge is 2.11. The number of nitrogens with zero attached hydrogens (tertiary/aromatic N) is 1. The molecule has 0 fully saturated rings. The third-order valence-electron chi connectivity index (χ3n) is 5.74. The number of carboxylic acid groups (broad SMARTS) is 1. The van der Waals surface area contributed by atoms with Crippen LogP contribution in [0.25, 0.3) is 10.9 Å². The Labute approximate surface area is 216 Å². The van der Waals surface area contributed by atoms with Crippen molar-refractivity contribution in [2.45, 2.75) is 17.9 Å². The molecule has 12 heteroatoms. The van der Waals surface area contributed by atoms with Crippen LogP contribution < -0.4 is 16.0 Å². The van der Waals surface area contributed by atoms with E-state index in [0.717, 1.165) is 11.1 Å². The monoisotopic (exact) mass is 538 g/mol. The number of benzene rings is 3. The zero-order valence-corrected chi connectivity index (χ0v) is 20.9. The molecule has 1 amide bonds. The number of aromatic nitrogens is 2. The number of amides is 1. The van der Waals surface area contributed by atoms with Crippen LogP contribution in [0.5, 0.6) is 0 Å². The Kier molecular flexibility index (Phi) is 7.34. The highest BCUT2D eigenvalue weighted by Crippen LogP contribution is 2.13. The number of carbonyl (C=O) groups is 2. The average Bonchev–Trinajstić information content (AvgIpc) is 2.86. The third-order valence-corrected chi connectivity index (χ3v) is 6.99. The van der Waals surface area contributed by atoms with E-state index in [9.17, 15) is 22.8 Å². The minimum absolute atomic E-state index is 0.0275. The molecule has 3 aromatic carbocycles. The molecule has 190 valence electrons. The number of fused-ring (bicyclic) bond motifs is 1. The molecular weight excluding hydrogens is 516 g/mol. The van der Waals surface area contributed by atoms with Gasteiger partial charge in [0.05, 0.1) is 27.9 Å². The zero-order chi connectivity index (χ0) is 26.7. The van der Waals surface area contributed by atoms with Gasteiger partial charge in [-0.2, -0.15) is 0 Å². The van der Waals surface area contributed by atoms with Gasteiger partial charge in [0.2, 0.25) is 10.0 Å². The van der Waals surface area contributed by atoms with Gasteiger partial charge in [0.15, 0.2) is 4.77 Å². The first-order valence-electron chi connectivity index (χ1n) is 11.0. The molecule has 1 aromatic heterocycles. The lowest BCUT2D eigenvalue weighted by atomic mass is 10.1. The number of nitrogens with one attached hydrogen (secondary N) is 2. The second-order valence-electron chi connectivity index (χ2n) is 8.28. The fourth-order valence-electron chi connectivity index (χ4n) is 3.74. The average molecular weight is 539 g/mol. The minimum Gasteiger partial charge on any atom is -0.478 e. The molecule has 0 atom stereocenters. The Morgan fingerprint density at radius 1 is 0.973 bits per heavy atom. The van der Waals surface area contributed by atoms with E-state index in [4.69, 9.17) is 22.5 Å². The van der Waals surface area contributed by atoms with E-state index in [0.29, 0.717) is 29.4 Å². The summed E-state index contributed by atoms with van der Waals surface area (Å²) in [5.41, 5.74) is 2.07. The summed E-state index contributed by atoms with van der Waals surface area (Å²) in [5.74, 6) is -1.38. The lowest BCUT2D eigenvalue weighted by Gasteiger charge is -2.10. The van der Waals surface area contributed by atoms with E-state index >= 15 is 0 Å². The highest BCUT2D eigenvalue weighted by atomic mass is 32.2. The van der Waals surface area contributed by atoms with Crippen LogP contribution in [0.1, 0.15) is 31.8 Å². The van der Waals surface area contributed by atoms with Crippen molar-refractivity contribution < 1.29 is 23.1 Å². The van der Waals surface area contributed by atoms with Gasteiger partial charge in [-0.25, -0.2) is 18.4 Å². The summed E-state index contributed by atoms with van der Waals surface area (Å²) in [6.45, 7) is 0.516. The lowest BCUT2D eigenvalue weighted by molar-refractivity contribution is 0.0696. The number of aromatic carboxylic acids is 1. The van der Waals surface area contributed by atoms with E-state index in [1.54, 1.807) is 36.4 Å². The maximum atomic E-state index is 12.9. The Morgan fingerprint density at radius 3 is 2.22 bits per heavy atom. The largest absolute Gasteiger partial charge is 0.478 e. The van der Waals surface area contributed by atoms with Crippen LogP contribution in [-0.2, 0) is 23.0 Å². The lowest BCUT2D eigenvalue weighted by Crippen LogP contribution is -2.26. The number of hydrogen-bond donors (Lipinski definition) is 4. The molecule has 5 N–H and O–H groups in total. The van der Waals surface area contributed by atoms with E-state index in [1.807, 2.05) is 0 Å². The third kappa shape index (κ3) is 6.00. The summed E-state index contributed by atoms with van der Waals surface area (Å²) in [6, 6.07) is 17.0. The van der Waals surface area contributed by atoms with Crippen molar-refractivity contribution in [1.29, 1.82) is 0 Å². The number of carbonyl (C=O) groups excluding carboxylic acids is 1. The molecule has 10 nitrogen and oxygen atoms in total. The number of H-pyrrole nitrogens is 1. The zero-order valence-electron chi connectivity index (χ0n) is 19.3. The molecule has 0 aliphatic heterocycles. The van der Waals surface area contributed by atoms with Crippen LogP contribution in [0, 0.1) is 4.77 Å². The molecule has 0 saturated heterocycles. The van der Waals surface area contributed by atoms with Gasteiger partial charge in [0, 0.05) is 12.1 Å².